The maximum Gasteiger partial charge on any atom is 0.178 e. The molecule has 4 aliphatic carbocycles. The Hall–Kier alpha value is -1.62. The van der Waals surface area contributed by atoms with Gasteiger partial charge in [-0.25, -0.2) is 0 Å². The number of carbonyl (C=O) groups excluding carboxylic acids is 2. The van der Waals surface area contributed by atoms with Gasteiger partial charge >= 0.3 is 0 Å². The summed E-state index contributed by atoms with van der Waals surface area (Å²) in [5.41, 5.74) is 2.22. The number of hydrogen-bond donors (Lipinski definition) is 0. The van der Waals surface area contributed by atoms with Crippen molar-refractivity contribution in [3.05, 3.63) is 23.3 Å². The number of Topliss-reactive ketones (excluding diaryl/α,β-unsaturated/α-hetero) is 1. The zero-order valence-corrected chi connectivity index (χ0v) is 15.7. The standard InChI is InChI=1S/C23H28O2/c1-5-10-23-15(2)13-17(24)14-16(23)8-11-21(3)18-6-7-20(25)22(18,4)12-9-19(21)23/h1,13-14,18-19H,6-12H2,2-4H3/t18-,19-,21?,22-,23?/m0/s1. The molecule has 0 heterocycles. The molecule has 5 atom stereocenters. The topological polar surface area (TPSA) is 34.1 Å². The fourth-order valence-corrected chi connectivity index (χ4v) is 7.29. The molecular weight excluding hydrogens is 308 g/mol. The number of allylic oxidation sites excluding steroid dienone is 4. The van der Waals surface area contributed by atoms with Crippen molar-refractivity contribution in [1.29, 1.82) is 0 Å². The van der Waals surface area contributed by atoms with Gasteiger partial charge in [0, 0.05) is 23.7 Å². The van der Waals surface area contributed by atoms with Gasteiger partial charge in [-0.3, -0.25) is 9.59 Å². The number of carbonyl (C=O) groups is 2. The molecule has 0 aromatic carbocycles. The molecule has 2 nitrogen and oxygen atoms in total. The Morgan fingerprint density at radius 1 is 1.12 bits per heavy atom. The Kier molecular flexibility index (Phi) is 3.50. The van der Waals surface area contributed by atoms with Crippen molar-refractivity contribution < 1.29 is 9.59 Å². The van der Waals surface area contributed by atoms with E-state index in [0.29, 0.717) is 24.0 Å². The van der Waals surface area contributed by atoms with Crippen LogP contribution in [0.5, 0.6) is 0 Å². The minimum atomic E-state index is -0.164. The van der Waals surface area contributed by atoms with Crippen molar-refractivity contribution in [3.63, 3.8) is 0 Å². The van der Waals surface area contributed by atoms with Crippen molar-refractivity contribution in [1.82, 2.24) is 0 Å². The first-order chi connectivity index (χ1) is 11.8. The van der Waals surface area contributed by atoms with E-state index >= 15 is 0 Å². The van der Waals surface area contributed by atoms with E-state index in [1.165, 1.54) is 5.57 Å². The zero-order valence-electron chi connectivity index (χ0n) is 15.7. The van der Waals surface area contributed by atoms with Gasteiger partial charge in [0.25, 0.3) is 0 Å². The molecule has 0 radical (unpaired) electrons. The van der Waals surface area contributed by atoms with Crippen molar-refractivity contribution in [2.45, 2.75) is 65.7 Å². The zero-order chi connectivity index (χ0) is 18.0. The number of terminal acetylenes is 1. The molecule has 0 N–H and O–H groups in total. The summed E-state index contributed by atoms with van der Waals surface area (Å²) in [7, 11) is 0. The van der Waals surface area contributed by atoms with Crippen molar-refractivity contribution >= 4 is 11.6 Å². The van der Waals surface area contributed by atoms with Gasteiger partial charge in [-0.05, 0) is 68.4 Å². The summed E-state index contributed by atoms with van der Waals surface area (Å²) < 4.78 is 0. The molecule has 0 spiro atoms. The van der Waals surface area contributed by atoms with Crippen molar-refractivity contribution in [2.24, 2.45) is 28.1 Å². The van der Waals surface area contributed by atoms with Crippen LogP contribution in [-0.4, -0.2) is 11.6 Å². The Morgan fingerprint density at radius 3 is 2.60 bits per heavy atom. The minimum Gasteiger partial charge on any atom is -0.299 e. The van der Waals surface area contributed by atoms with Crippen LogP contribution in [0.4, 0.5) is 0 Å². The van der Waals surface area contributed by atoms with Crippen LogP contribution in [0.3, 0.4) is 0 Å². The van der Waals surface area contributed by atoms with Crippen LogP contribution in [0.25, 0.3) is 0 Å². The highest BCUT2D eigenvalue weighted by atomic mass is 16.1. The van der Waals surface area contributed by atoms with Gasteiger partial charge in [-0.1, -0.05) is 25.0 Å². The molecule has 0 amide bonds. The second-order valence-electron chi connectivity index (χ2n) is 9.28. The van der Waals surface area contributed by atoms with Crippen LogP contribution < -0.4 is 0 Å². The molecule has 4 rings (SSSR count). The third-order valence-electron chi connectivity index (χ3n) is 8.47. The molecule has 3 fully saturated rings. The van der Waals surface area contributed by atoms with Crippen LogP contribution in [0.1, 0.15) is 65.7 Å². The predicted octanol–water partition coefficient (Wildman–Crippen LogP) is 4.65. The van der Waals surface area contributed by atoms with Gasteiger partial charge in [0.15, 0.2) is 5.78 Å². The van der Waals surface area contributed by atoms with E-state index in [-0.39, 0.29) is 22.0 Å². The maximum atomic E-state index is 12.6. The second kappa shape index (κ2) is 5.19. The Bertz CT molecular complexity index is 763. The first-order valence-electron chi connectivity index (χ1n) is 9.69. The molecule has 0 saturated heterocycles. The van der Waals surface area contributed by atoms with E-state index in [9.17, 15) is 9.59 Å². The quantitative estimate of drug-likeness (QED) is 0.653. The lowest BCUT2D eigenvalue weighted by Crippen LogP contribution is -2.57. The van der Waals surface area contributed by atoms with E-state index in [1.54, 1.807) is 6.08 Å². The predicted molar refractivity (Wildman–Crippen MR) is 98.6 cm³/mol. The van der Waals surface area contributed by atoms with Gasteiger partial charge in [-0.2, -0.15) is 0 Å². The number of fused-ring (bicyclic) bond motifs is 5. The summed E-state index contributed by atoms with van der Waals surface area (Å²) in [6.45, 7) is 6.72. The first-order valence-corrected chi connectivity index (χ1v) is 9.69. The fraction of sp³-hybridized carbons (Fsp3) is 0.652. The van der Waals surface area contributed by atoms with Crippen LogP contribution >= 0.6 is 0 Å². The molecule has 3 saturated carbocycles. The molecule has 25 heavy (non-hydrogen) atoms. The second-order valence-corrected chi connectivity index (χ2v) is 9.28. The minimum absolute atomic E-state index is 0.112. The molecule has 2 heteroatoms. The lowest BCUT2D eigenvalue weighted by Gasteiger charge is -2.63. The van der Waals surface area contributed by atoms with Gasteiger partial charge in [-0.15, -0.1) is 12.3 Å². The number of rotatable bonds is 1. The Labute approximate surface area is 151 Å². The fourth-order valence-electron chi connectivity index (χ4n) is 7.29. The molecule has 0 aromatic rings. The normalized spacial score (nSPS) is 45.7. The van der Waals surface area contributed by atoms with Crippen molar-refractivity contribution in [3.8, 4) is 12.3 Å². The highest BCUT2D eigenvalue weighted by molar-refractivity contribution is 6.02. The summed E-state index contributed by atoms with van der Waals surface area (Å²) in [6, 6.07) is 0. The third kappa shape index (κ3) is 1.93. The largest absolute Gasteiger partial charge is 0.299 e. The van der Waals surface area contributed by atoms with E-state index in [0.717, 1.165) is 44.1 Å². The van der Waals surface area contributed by atoms with Crippen LogP contribution in [0, 0.1) is 40.4 Å². The molecule has 0 aromatic heterocycles. The molecule has 4 aliphatic rings. The average molecular weight is 336 g/mol. The summed E-state index contributed by atoms with van der Waals surface area (Å²) in [5.74, 6) is 4.41. The SMILES string of the molecule is C#CCC12C(C)=CC(=O)C=C1CCC1(C)[C@@H]2CC[C@]2(C)C(=O)CC[C@@H]12. The van der Waals surface area contributed by atoms with Gasteiger partial charge < -0.3 is 0 Å². The molecule has 0 aliphatic heterocycles. The van der Waals surface area contributed by atoms with E-state index < -0.39 is 0 Å². The van der Waals surface area contributed by atoms with Crippen LogP contribution in [0.15, 0.2) is 23.3 Å². The van der Waals surface area contributed by atoms with Gasteiger partial charge in [0.05, 0.1) is 0 Å². The lowest BCUT2D eigenvalue weighted by atomic mass is 9.40. The van der Waals surface area contributed by atoms with Gasteiger partial charge in [0.2, 0.25) is 0 Å². The highest BCUT2D eigenvalue weighted by Crippen LogP contribution is 2.71. The molecule has 0 bridgehead atoms. The third-order valence-corrected chi connectivity index (χ3v) is 8.47. The molecule has 132 valence electrons. The number of ketones is 2. The van der Waals surface area contributed by atoms with Crippen LogP contribution in [0.2, 0.25) is 0 Å². The Balaban J connectivity index is 1.86. The Morgan fingerprint density at radius 2 is 1.88 bits per heavy atom. The van der Waals surface area contributed by atoms with E-state index in [1.807, 2.05) is 6.08 Å². The number of hydrogen-bond acceptors (Lipinski definition) is 2. The summed E-state index contributed by atoms with van der Waals surface area (Å²) in [6.07, 6.45) is 15.9. The molecular formula is C23H28O2. The van der Waals surface area contributed by atoms with E-state index in [2.05, 4.69) is 26.7 Å². The lowest BCUT2D eigenvalue weighted by molar-refractivity contribution is -0.140. The summed E-state index contributed by atoms with van der Waals surface area (Å²) >= 11 is 0. The summed E-state index contributed by atoms with van der Waals surface area (Å²) in [5, 5.41) is 0. The van der Waals surface area contributed by atoms with Crippen LogP contribution in [-0.2, 0) is 9.59 Å². The van der Waals surface area contributed by atoms with E-state index in [4.69, 9.17) is 6.42 Å². The highest BCUT2D eigenvalue weighted by Gasteiger charge is 2.65. The summed E-state index contributed by atoms with van der Waals surface area (Å²) in [4.78, 5) is 24.8. The van der Waals surface area contributed by atoms with Crippen molar-refractivity contribution in [2.75, 3.05) is 0 Å². The smallest absolute Gasteiger partial charge is 0.178 e. The molecule has 2 unspecified atom stereocenters. The average Bonchev–Trinajstić information content (AvgIpc) is 2.85. The monoisotopic (exact) mass is 336 g/mol. The van der Waals surface area contributed by atoms with Gasteiger partial charge in [0.1, 0.15) is 5.78 Å². The first kappa shape index (κ1) is 16.8. The maximum absolute atomic E-state index is 12.6.